The van der Waals surface area contributed by atoms with E-state index in [1.54, 1.807) is 0 Å². The summed E-state index contributed by atoms with van der Waals surface area (Å²) in [4.78, 5) is 0. The van der Waals surface area contributed by atoms with Crippen molar-refractivity contribution in [2.24, 2.45) is 0 Å². The standard InChI is InChI=1S/C12H15N3O/c1-2-5-15-12(3-1)10(8-14-15)7-13-11-4-6-16-9-11/h1-3,5,8,11,13H,4,6-7,9H2. The Balaban J connectivity index is 1.73. The van der Waals surface area contributed by atoms with Gasteiger partial charge in [-0.15, -0.1) is 0 Å². The second-order valence-electron chi connectivity index (χ2n) is 4.14. The zero-order valence-corrected chi connectivity index (χ0v) is 9.10. The summed E-state index contributed by atoms with van der Waals surface area (Å²) in [5.74, 6) is 0. The van der Waals surface area contributed by atoms with Crippen LogP contribution >= 0.6 is 0 Å². The van der Waals surface area contributed by atoms with Crippen molar-refractivity contribution in [3.05, 3.63) is 36.2 Å². The Morgan fingerprint density at radius 1 is 1.50 bits per heavy atom. The van der Waals surface area contributed by atoms with Gasteiger partial charge in [-0.2, -0.15) is 5.10 Å². The molecule has 1 fully saturated rings. The van der Waals surface area contributed by atoms with E-state index in [1.807, 2.05) is 29.0 Å². The van der Waals surface area contributed by atoms with E-state index in [2.05, 4.69) is 16.5 Å². The SMILES string of the molecule is c1ccn2ncc(CNC3CCOC3)c2c1. The van der Waals surface area contributed by atoms with E-state index in [1.165, 1.54) is 11.1 Å². The Morgan fingerprint density at radius 2 is 2.50 bits per heavy atom. The molecule has 0 amide bonds. The number of ether oxygens (including phenoxy) is 1. The molecule has 84 valence electrons. The van der Waals surface area contributed by atoms with Crippen molar-refractivity contribution in [3.8, 4) is 0 Å². The highest BCUT2D eigenvalue weighted by molar-refractivity contribution is 5.53. The van der Waals surface area contributed by atoms with Gasteiger partial charge in [0.05, 0.1) is 18.3 Å². The monoisotopic (exact) mass is 217 g/mol. The number of nitrogens with zero attached hydrogens (tertiary/aromatic N) is 2. The maximum absolute atomic E-state index is 5.33. The molecule has 1 saturated heterocycles. The van der Waals surface area contributed by atoms with Crippen LogP contribution in [0.5, 0.6) is 0 Å². The van der Waals surface area contributed by atoms with Gasteiger partial charge in [-0.1, -0.05) is 6.07 Å². The lowest BCUT2D eigenvalue weighted by Gasteiger charge is -2.09. The average molecular weight is 217 g/mol. The summed E-state index contributed by atoms with van der Waals surface area (Å²) in [7, 11) is 0. The normalized spacial score (nSPS) is 20.6. The van der Waals surface area contributed by atoms with Gasteiger partial charge in [0, 0.05) is 31.0 Å². The van der Waals surface area contributed by atoms with Crippen LogP contribution in [0.4, 0.5) is 0 Å². The first-order valence-electron chi connectivity index (χ1n) is 5.66. The van der Waals surface area contributed by atoms with Crippen LogP contribution in [0.25, 0.3) is 5.52 Å². The molecule has 16 heavy (non-hydrogen) atoms. The number of rotatable bonds is 3. The fraction of sp³-hybridized carbons (Fsp3) is 0.417. The largest absolute Gasteiger partial charge is 0.380 e. The predicted octanol–water partition coefficient (Wildman–Crippen LogP) is 1.21. The minimum Gasteiger partial charge on any atom is -0.380 e. The Kier molecular flexibility index (Phi) is 2.60. The third-order valence-corrected chi connectivity index (χ3v) is 3.02. The Morgan fingerprint density at radius 3 is 3.38 bits per heavy atom. The van der Waals surface area contributed by atoms with Gasteiger partial charge in [0.25, 0.3) is 0 Å². The molecule has 3 heterocycles. The van der Waals surface area contributed by atoms with Crippen LogP contribution in [0.3, 0.4) is 0 Å². The van der Waals surface area contributed by atoms with Crippen molar-refractivity contribution in [1.29, 1.82) is 0 Å². The first-order valence-corrected chi connectivity index (χ1v) is 5.66. The van der Waals surface area contributed by atoms with E-state index in [0.717, 1.165) is 26.2 Å². The summed E-state index contributed by atoms with van der Waals surface area (Å²) in [6, 6.07) is 6.62. The molecule has 0 aromatic carbocycles. The van der Waals surface area contributed by atoms with Crippen molar-refractivity contribution in [3.63, 3.8) is 0 Å². The molecule has 0 radical (unpaired) electrons. The van der Waals surface area contributed by atoms with Gasteiger partial charge in [-0.25, -0.2) is 4.52 Å². The predicted molar refractivity (Wildman–Crippen MR) is 61.3 cm³/mol. The van der Waals surface area contributed by atoms with Gasteiger partial charge in [0.1, 0.15) is 0 Å². The van der Waals surface area contributed by atoms with E-state index in [4.69, 9.17) is 4.74 Å². The molecule has 0 saturated carbocycles. The van der Waals surface area contributed by atoms with Crippen LogP contribution < -0.4 is 5.32 Å². The van der Waals surface area contributed by atoms with Crippen LogP contribution in [-0.2, 0) is 11.3 Å². The second-order valence-corrected chi connectivity index (χ2v) is 4.14. The van der Waals surface area contributed by atoms with Gasteiger partial charge in [-0.3, -0.25) is 0 Å². The summed E-state index contributed by atoms with van der Waals surface area (Å²) in [6.07, 6.45) is 5.01. The van der Waals surface area contributed by atoms with Crippen molar-refractivity contribution in [2.75, 3.05) is 13.2 Å². The molecule has 1 N–H and O–H groups in total. The van der Waals surface area contributed by atoms with Gasteiger partial charge in [-0.05, 0) is 18.6 Å². The van der Waals surface area contributed by atoms with E-state index >= 15 is 0 Å². The molecule has 1 aliphatic heterocycles. The molecular formula is C12H15N3O. The lowest BCUT2D eigenvalue weighted by Crippen LogP contribution is -2.28. The topological polar surface area (TPSA) is 38.6 Å². The van der Waals surface area contributed by atoms with Gasteiger partial charge in [0.15, 0.2) is 0 Å². The third-order valence-electron chi connectivity index (χ3n) is 3.02. The van der Waals surface area contributed by atoms with Gasteiger partial charge >= 0.3 is 0 Å². The first kappa shape index (κ1) is 9.81. The number of nitrogens with one attached hydrogen (secondary N) is 1. The van der Waals surface area contributed by atoms with Crippen molar-refractivity contribution >= 4 is 5.52 Å². The fourth-order valence-corrected chi connectivity index (χ4v) is 2.07. The lowest BCUT2D eigenvalue weighted by molar-refractivity contribution is 0.190. The summed E-state index contributed by atoms with van der Waals surface area (Å²) in [5, 5.41) is 7.81. The van der Waals surface area contributed by atoms with Gasteiger partial charge < -0.3 is 10.1 Å². The summed E-state index contributed by atoms with van der Waals surface area (Å²) >= 11 is 0. The van der Waals surface area contributed by atoms with Crippen LogP contribution in [-0.4, -0.2) is 28.9 Å². The summed E-state index contributed by atoms with van der Waals surface area (Å²) < 4.78 is 7.24. The molecular weight excluding hydrogens is 202 g/mol. The average Bonchev–Trinajstić information content (AvgIpc) is 2.96. The van der Waals surface area contributed by atoms with Crippen molar-refractivity contribution < 1.29 is 4.74 Å². The zero-order chi connectivity index (χ0) is 10.8. The zero-order valence-electron chi connectivity index (χ0n) is 9.10. The molecule has 4 heteroatoms. The summed E-state index contributed by atoms with van der Waals surface area (Å²) in [6.45, 7) is 2.58. The molecule has 2 aromatic heterocycles. The maximum Gasteiger partial charge on any atom is 0.0706 e. The second kappa shape index (κ2) is 4.23. The quantitative estimate of drug-likeness (QED) is 0.840. The molecule has 0 aliphatic carbocycles. The number of hydrogen-bond acceptors (Lipinski definition) is 3. The van der Waals surface area contributed by atoms with Crippen molar-refractivity contribution in [1.82, 2.24) is 14.9 Å². The number of fused-ring (bicyclic) bond motifs is 1. The molecule has 1 aliphatic rings. The third kappa shape index (κ3) is 1.81. The number of aromatic nitrogens is 2. The van der Waals surface area contributed by atoms with E-state index in [9.17, 15) is 0 Å². The Hall–Kier alpha value is -1.39. The molecule has 1 atom stereocenters. The lowest BCUT2D eigenvalue weighted by atomic mass is 10.2. The number of hydrogen-bond donors (Lipinski definition) is 1. The molecule has 0 bridgehead atoms. The van der Waals surface area contributed by atoms with E-state index in [-0.39, 0.29) is 0 Å². The minimum atomic E-state index is 0.499. The van der Waals surface area contributed by atoms with E-state index in [0.29, 0.717) is 6.04 Å². The van der Waals surface area contributed by atoms with Crippen LogP contribution in [0, 0.1) is 0 Å². The minimum absolute atomic E-state index is 0.499. The molecule has 3 rings (SSSR count). The highest BCUT2D eigenvalue weighted by Gasteiger charge is 2.15. The van der Waals surface area contributed by atoms with Crippen LogP contribution in [0.2, 0.25) is 0 Å². The smallest absolute Gasteiger partial charge is 0.0706 e. The fourth-order valence-electron chi connectivity index (χ4n) is 2.07. The van der Waals surface area contributed by atoms with Crippen LogP contribution in [0.15, 0.2) is 30.6 Å². The van der Waals surface area contributed by atoms with E-state index < -0.39 is 0 Å². The highest BCUT2D eigenvalue weighted by Crippen LogP contribution is 2.11. The van der Waals surface area contributed by atoms with Gasteiger partial charge in [0.2, 0.25) is 0 Å². The summed E-state index contributed by atoms with van der Waals surface area (Å²) in [5.41, 5.74) is 2.42. The molecule has 0 spiro atoms. The molecule has 4 nitrogen and oxygen atoms in total. The molecule has 1 unspecified atom stereocenters. The highest BCUT2D eigenvalue weighted by atomic mass is 16.5. The van der Waals surface area contributed by atoms with Crippen molar-refractivity contribution in [2.45, 2.75) is 19.0 Å². The first-order chi connectivity index (χ1) is 7.93. The number of pyridine rings is 1. The Bertz CT molecular complexity index is 474. The van der Waals surface area contributed by atoms with Crippen LogP contribution in [0.1, 0.15) is 12.0 Å². The molecule has 2 aromatic rings. The maximum atomic E-state index is 5.33. The Labute approximate surface area is 94.2 Å².